The second kappa shape index (κ2) is 16.0. The number of rotatable bonds is 11. The monoisotopic (exact) mass is 798 g/mol. The molecule has 3 fully saturated rings. The first-order chi connectivity index (χ1) is 26.8. The highest BCUT2D eigenvalue weighted by Crippen LogP contribution is 2.45. The van der Waals surface area contributed by atoms with Crippen LogP contribution in [-0.2, 0) is 19.5 Å². The number of methoxy groups -OCH3 is 3. The van der Waals surface area contributed by atoms with E-state index < -0.39 is 33.9 Å². The number of ether oxygens (including phenoxy) is 5. The van der Waals surface area contributed by atoms with Crippen LogP contribution >= 0.6 is 0 Å². The Labute approximate surface area is 326 Å². The van der Waals surface area contributed by atoms with Crippen molar-refractivity contribution in [2.24, 2.45) is 0 Å². The fourth-order valence-electron chi connectivity index (χ4n) is 7.44. The molecule has 17 heteroatoms. The molecule has 4 heterocycles. The van der Waals surface area contributed by atoms with Crippen LogP contribution in [0.5, 0.6) is 17.2 Å². The first-order valence-corrected chi connectivity index (χ1v) is 20.6. The second-order valence-corrected chi connectivity index (χ2v) is 17.2. The molecule has 15 nitrogen and oxygen atoms in total. The van der Waals surface area contributed by atoms with Crippen molar-refractivity contribution in [2.45, 2.75) is 113 Å². The van der Waals surface area contributed by atoms with Crippen LogP contribution in [0.4, 0.5) is 26.5 Å². The number of likely N-dealkylation sites (tertiary alicyclic amines) is 1. The number of nitrogens with zero attached hydrogens (tertiary/aromatic N) is 4. The van der Waals surface area contributed by atoms with Crippen molar-refractivity contribution in [3.63, 3.8) is 0 Å². The molecule has 0 radical (unpaired) electrons. The Bertz CT molecular complexity index is 2130. The van der Waals surface area contributed by atoms with E-state index in [1.54, 1.807) is 37.8 Å². The number of nitrogens with one attached hydrogen (secondary N) is 2. The third-order valence-electron chi connectivity index (χ3n) is 10.3. The predicted molar refractivity (Wildman–Crippen MR) is 206 cm³/mol. The molecular formula is C39H51FN6O9S. The number of anilines is 3. The molecule has 2 aromatic carbocycles. The summed E-state index contributed by atoms with van der Waals surface area (Å²) < 4.78 is 82.0. The Hall–Kier alpha value is -4.77. The maximum atomic E-state index is 14.7. The van der Waals surface area contributed by atoms with Crippen LogP contribution in [-0.4, -0.2) is 80.6 Å². The highest BCUT2D eigenvalue weighted by Gasteiger charge is 2.36. The lowest BCUT2D eigenvalue weighted by Crippen LogP contribution is -2.41. The molecular weight excluding hydrogens is 748 g/mol. The molecule has 56 heavy (non-hydrogen) atoms. The Kier molecular flexibility index (Phi) is 11.3. The molecule has 2 aliphatic heterocycles. The van der Waals surface area contributed by atoms with Crippen LogP contribution in [0.15, 0.2) is 39.8 Å². The topological polar surface area (TPSA) is 169 Å². The summed E-state index contributed by atoms with van der Waals surface area (Å²) in [5.74, 6) is 1.30. The van der Waals surface area contributed by atoms with Gasteiger partial charge in [0.25, 0.3) is 10.0 Å². The minimum Gasteiger partial charge on any atom is -0.495 e. The Morgan fingerprint density at radius 3 is 2.29 bits per heavy atom. The molecule has 0 spiro atoms. The number of alkyl halides is 1. The summed E-state index contributed by atoms with van der Waals surface area (Å²) in [6, 6.07) is 7.77. The molecule has 1 unspecified atom stereocenters. The van der Waals surface area contributed by atoms with Gasteiger partial charge in [-0.3, -0.25) is 4.72 Å². The summed E-state index contributed by atoms with van der Waals surface area (Å²) in [6.07, 6.45) is 4.82. The fraction of sp³-hybridized carbons (Fsp3) is 0.564. The molecule has 2 aromatic heterocycles. The van der Waals surface area contributed by atoms with Crippen molar-refractivity contribution in [1.82, 2.24) is 19.8 Å². The van der Waals surface area contributed by atoms with Gasteiger partial charge in [-0.05, 0) is 102 Å². The minimum atomic E-state index is -4.45. The van der Waals surface area contributed by atoms with Gasteiger partial charge in [0, 0.05) is 36.9 Å². The van der Waals surface area contributed by atoms with Gasteiger partial charge in [0.2, 0.25) is 0 Å². The predicted octanol–water partition coefficient (Wildman–Crippen LogP) is 8.36. The van der Waals surface area contributed by atoms with Crippen LogP contribution in [0.1, 0.15) is 108 Å². The lowest BCUT2D eigenvalue weighted by atomic mass is 9.95. The van der Waals surface area contributed by atoms with E-state index in [4.69, 9.17) is 33.3 Å². The zero-order valence-corrected chi connectivity index (χ0v) is 33.5. The van der Waals surface area contributed by atoms with E-state index in [1.165, 1.54) is 33.5 Å². The van der Waals surface area contributed by atoms with Gasteiger partial charge in [0.05, 0.1) is 38.4 Å². The number of sulfonamides is 1. The lowest BCUT2D eigenvalue weighted by molar-refractivity contribution is -0.0409. The summed E-state index contributed by atoms with van der Waals surface area (Å²) in [7, 11) is -0.261. The average Bonchev–Trinajstić information content (AvgIpc) is 3.82. The largest absolute Gasteiger partial charge is 0.495 e. The van der Waals surface area contributed by atoms with E-state index in [2.05, 4.69) is 15.2 Å². The molecule has 1 aliphatic carbocycles. The normalized spacial score (nSPS) is 20.9. The molecule has 0 bridgehead atoms. The number of amides is 1. The molecule has 3 atom stereocenters. The Morgan fingerprint density at radius 2 is 1.64 bits per heavy atom. The smallest absolute Gasteiger partial charge is 0.410 e. The number of hydrogen-bond acceptors (Lipinski definition) is 12. The van der Waals surface area contributed by atoms with E-state index in [0.29, 0.717) is 53.6 Å². The summed E-state index contributed by atoms with van der Waals surface area (Å²) in [5.41, 5.74) is 1.72. The first-order valence-electron chi connectivity index (χ1n) is 19.2. The van der Waals surface area contributed by atoms with Gasteiger partial charge in [-0.25, -0.2) is 22.3 Å². The van der Waals surface area contributed by atoms with Gasteiger partial charge >= 0.3 is 6.09 Å². The number of fused-ring (bicyclic) bond motifs is 1. The van der Waals surface area contributed by atoms with Gasteiger partial charge in [-0.1, -0.05) is 5.16 Å². The first kappa shape index (κ1) is 39.5. The van der Waals surface area contributed by atoms with Gasteiger partial charge < -0.3 is 38.4 Å². The summed E-state index contributed by atoms with van der Waals surface area (Å²) in [5, 5.41) is 12.6. The van der Waals surface area contributed by atoms with Gasteiger partial charge in [0.1, 0.15) is 29.0 Å². The quantitative estimate of drug-likeness (QED) is 0.149. The van der Waals surface area contributed by atoms with Crippen molar-refractivity contribution in [2.75, 3.05) is 44.5 Å². The van der Waals surface area contributed by atoms with E-state index in [9.17, 15) is 17.6 Å². The summed E-state index contributed by atoms with van der Waals surface area (Å²) in [6.45, 7) is 6.29. The van der Waals surface area contributed by atoms with Gasteiger partial charge in [-0.2, -0.15) is 5.10 Å². The van der Waals surface area contributed by atoms with Crippen LogP contribution in [0.3, 0.4) is 0 Å². The van der Waals surface area contributed by atoms with E-state index in [0.717, 1.165) is 37.8 Å². The Balaban J connectivity index is 1.18. The van der Waals surface area contributed by atoms with E-state index in [-0.39, 0.29) is 53.4 Å². The number of hydrogen-bond donors (Lipinski definition) is 2. The molecule has 2 saturated heterocycles. The zero-order chi connectivity index (χ0) is 39.8. The number of carbonyl (C=O) groups excluding carboxylic acids is 1. The summed E-state index contributed by atoms with van der Waals surface area (Å²) >= 11 is 0. The van der Waals surface area contributed by atoms with Gasteiger partial charge in [0.15, 0.2) is 28.3 Å². The van der Waals surface area contributed by atoms with Crippen molar-refractivity contribution in [3.8, 4) is 17.2 Å². The average molecular weight is 799 g/mol. The van der Waals surface area contributed by atoms with Gasteiger partial charge in [-0.15, -0.1) is 0 Å². The molecule has 3 aliphatic rings. The van der Waals surface area contributed by atoms with E-state index >= 15 is 0 Å². The molecule has 304 valence electrons. The van der Waals surface area contributed by atoms with Crippen molar-refractivity contribution < 1.29 is 45.8 Å². The third kappa shape index (κ3) is 8.48. The number of carbonyl (C=O) groups is 1. The molecule has 1 saturated carbocycles. The standard InChI is InChI=1S/C39H51FN6O9S/c1-39(2,3)54-38(47)45-16-9-10-25(40)14-15-28(45)24-18-32(51-5)36(33(19-24)52-6)56(48,49)44-37-26-20-31(50-4)27(21-30(26)55-43-37)41-34-22-29(23-12-13-23)46(42-34)35-11-7-8-17-53-35/h18-23,25,28,35H,7-17H2,1-6H3,(H,41,42)(H,43,44)/t25-,28-,35?/m1/s1. The summed E-state index contributed by atoms with van der Waals surface area (Å²) in [4.78, 5) is 14.7. The Morgan fingerprint density at radius 1 is 0.911 bits per heavy atom. The molecule has 4 aromatic rings. The van der Waals surface area contributed by atoms with Crippen molar-refractivity contribution in [1.29, 1.82) is 0 Å². The maximum Gasteiger partial charge on any atom is 0.410 e. The lowest BCUT2D eigenvalue weighted by Gasteiger charge is -2.36. The van der Waals surface area contributed by atoms with E-state index in [1.807, 2.05) is 10.7 Å². The SMILES string of the molecule is COc1cc2c(NS(=O)(=O)c3c(OC)cc([C@H]4CC[C@H](F)CCCN4C(=O)OC(C)(C)C)cc3OC)noc2cc1Nc1cc(C2CC2)n(C2CCCCO2)n1. The zero-order valence-electron chi connectivity index (χ0n) is 32.7. The highest BCUT2D eigenvalue weighted by atomic mass is 32.2. The fourth-order valence-corrected chi connectivity index (χ4v) is 8.76. The minimum absolute atomic E-state index is 0.0460. The third-order valence-corrected chi connectivity index (χ3v) is 11.7. The maximum absolute atomic E-state index is 14.7. The number of halogens is 1. The van der Waals surface area contributed by atoms with Crippen LogP contribution < -0.4 is 24.2 Å². The van der Waals surface area contributed by atoms with Crippen LogP contribution in [0.2, 0.25) is 0 Å². The highest BCUT2D eigenvalue weighted by molar-refractivity contribution is 7.93. The van der Waals surface area contributed by atoms with Crippen molar-refractivity contribution in [3.05, 3.63) is 41.6 Å². The molecule has 2 N–H and O–H groups in total. The van der Waals surface area contributed by atoms with Crippen LogP contribution in [0.25, 0.3) is 11.0 Å². The molecule has 7 rings (SSSR count). The second-order valence-electron chi connectivity index (χ2n) is 15.6. The number of benzene rings is 2. The number of aromatic nitrogens is 3. The molecule has 1 amide bonds. The van der Waals surface area contributed by atoms with Crippen molar-refractivity contribution >= 4 is 44.4 Å². The van der Waals surface area contributed by atoms with Crippen LogP contribution in [0, 0.1) is 0 Å².